The molecule has 13 rings (SSSR count). The molecule has 0 aliphatic carbocycles. The molecular weight excluding hydrogens is 1480 g/mol. The quantitative estimate of drug-likeness (QED) is 0.0274. The van der Waals surface area contributed by atoms with Crippen LogP contribution in [-0.4, -0.2) is 101 Å². The zero-order chi connectivity index (χ0) is 73.4. The fourth-order valence-electron chi connectivity index (χ4n) is 10.00. The number of carbonyl (C=O) groups is 3. The Morgan fingerprint density at radius 1 is 0.577 bits per heavy atom. The van der Waals surface area contributed by atoms with E-state index in [1.807, 2.05) is 18.2 Å². The van der Waals surface area contributed by atoms with Crippen molar-refractivity contribution in [2.24, 2.45) is 0 Å². The number of nitro benzene ring substituents is 3. The number of aromatic nitrogens is 3. The summed E-state index contributed by atoms with van der Waals surface area (Å²) in [4.78, 5) is 81.1. The Hall–Kier alpha value is -10.2. The first kappa shape index (κ1) is 81.1. The number of nitrogens with zero attached hydrogens (tertiary/aromatic N) is 6. The zero-order valence-corrected chi connectivity index (χ0v) is 62.0. The van der Waals surface area contributed by atoms with Crippen molar-refractivity contribution < 1.29 is 78.6 Å². The summed E-state index contributed by atoms with van der Waals surface area (Å²) in [6.07, 6.45) is 1.47. The van der Waals surface area contributed by atoms with Crippen LogP contribution in [0.3, 0.4) is 0 Å². The number of thiazole rings is 3. The molecule has 0 radical (unpaired) electrons. The van der Waals surface area contributed by atoms with Crippen LogP contribution in [0.4, 0.5) is 55.2 Å². The van der Waals surface area contributed by atoms with Gasteiger partial charge in [-0.3, -0.25) is 45.8 Å². The number of hydrogen-bond donors (Lipinski definition) is 4. The predicted molar refractivity (Wildman–Crippen MR) is 395 cm³/mol. The molecule has 22 nitrogen and oxygen atoms in total. The van der Waals surface area contributed by atoms with E-state index in [2.05, 4.69) is 31.7 Å². The number of nitrogens with two attached hydrogens (primary N) is 1. The molecule has 3 aromatic heterocycles. The fourth-order valence-corrected chi connectivity index (χ4v) is 12.7. The van der Waals surface area contributed by atoms with E-state index in [-0.39, 0.29) is 73.9 Å². The van der Waals surface area contributed by atoms with Gasteiger partial charge in [-0.05, 0) is 160 Å². The summed E-state index contributed by atoms with van der Waals surface area (Å²) >= 11 is 3.73. The minimum atomic E-state index is -1.08. The van der Waals surface area contributed by atoms with Crippen molar-refractivity contribution in [3.05, 3.63) is 264 Å². The van der Waals surface area contributed by atoms with Crippen molar-refractivity contribution in [1.29, 1.82) is 0 Å². The Labute approximate surface area is 632 Å². The number of non-ortho nitro benzene ring substituents is 3. The number of fused-ring (bicyclic) bond motifs is 3. The number of anilines is 3. The molecule has 12 aromatic rings. The van der Waals surface area contributed by atoms with Crippen LogP contribution in [0.25, 0.3) is 64.0 Å². The third kappa shape index (κ3) is 23.2. The monoisotopic (exact) mass is 1540 g/mol. The number of carbonyl (C=O) groups excluding carboxylic acids is 3. The molecule has 1 saturated heterocycles. The van der Waals surface area contributed by atoms with Crippen LogP contribution in [-0.2, 0) is 20.6 Å². The molecule has 5 N–H and O–H groups in total. The number of aliphatic hydroxyl groups excluding tert-OH is 1. The summed E-state index contributed by atoms with van der Waals surface area (Å²) < 4.78 is 56.1. The van der Waals surface area contributed by atoms with Crippen LogP contribution < -0.4 is 33.3 Å². The number of rotatable bonds is 13. The Bertz CT molecular complexity index is 5010. The van der Waals surface area contributed by atoms with E-state index in [1.54, 1.807) is 108 Å². The Morgan fingerprint density at radius 2 is 1.00 bits per heavy atom. The maximum Gasteiger partial charge on any atom is 2.00 e. The smallest absolute Gasteiger partial charge is 1.00 e. The van der Waals surface area contributed by atoms with E-state index in [0.29, 0.717) is 87.9 Å². The number of benzene rings is 9. The van der Waals surface area contributed by atoms with E-state index in [9.17, 15) is 63.0 Å². The molecule has 1 aliphatic heterocycles. The second kappa shape index (κ2) is 36.8. The molecule has 0 saturated carbocycles. The molecule has 104 heavy (non-hydrogen) atoms. The van der Waals surface area contributed by atoms with E-state index in [1.165, 1.54) is 144 Å². The van der Waals surface area contributed by atoms with Gasteiger partial charge in [0.1, 0.15) is 35.2 Å². The average molecular weight is 1550 g/mol. The topological polar surface area (TPSA) is 317 Å². The minimum Gasteiger partial charge on any atom is -1.00 e. The first-order chi connectivity index (χ1) is 48.5. The van der Waals surface area contributed by atoms with Crippen LogP contribution in [0.15, 0.2) is 182 Å². The van der Waals surface area contributed by atoms with Crippen LogP contribution in [0.5, 0.6) is 0 Å². The number of aldehydes is 1. The van der Waals surface area contributed by atoms with Crippen LogP contribution >= 0.6 is 34.0 Å². The van der Waals surface area contributed by atoms with E-state index in [0.717, 1.165) is 40.1 Å². The number of nitrogens with one attached hydrogen (secondary N) is 2. The third-order valence-corrected chi connectivity index (χ3v) is 17.1. The van der Waals surface area contributed by atoms with Gasteiger partial charge in [0.2, 0.25) is 0 Å². The van der Waals surface area contributed by atoms with Crippen molar-refractivity contribution >= 4 is 139 Å². The molecule has 0 bridgehead atoms. The molecule has 4 heterocycles. The molecule has 1 atom stereocenters. The van der Waals surface area contributed by atoms with Gasteiger partial charge in [-0.15, -0.1) is 12.1 Å². The predicted octanol–water partition coefficient (Wildman–Crippen LogP) is 15.7. The summed E-state index contributed by atoms with van der Waals surface area (Å²) in [6.45, 7) is 12.5. The minimum absolute atomic E-state index is 0. The van der Waals surface area contributed by atoms with Crippen LogP contribution in [0.1, 0.15) is 93.1 Å². The first-order valence-electron chi connectivity index (χ1n) is 31.2. The number of amides is 2. The molecule has 30 heteroatoms. The molecule has 532 valence electrons. The first-order valence-corrected chi connectivity index (χ1v) is 33.6. The summed E-state index contributed by atoms with van der Waals surface area (Å²) in [7, 11) is 0. The normalized spacial score (nSPS) is 11.8. The molecule has 1 unspecified atom stereocenters. The van der Waals surface area contributed by atoms with Crippen molar-refractivity contribution in [1.82, 2.24) is 15.0 Å². The van der Waals surface area contributed by atoms with Crippen molar-refractivity contribution in [2.75, 3.05) is 29.6 Å². The number of hydrogen-bond acceptors (Lipinski definition) is 20. The van der Waals surface area contributed by atoms with Crippen molar-refractivity contribution in [3.63, 3.8) is 0 Å². The van der Waals surface area contributed by atoms with Gasteiger partial charge in [-0.1, -0.05) is 94.7 Å². The van der Waals surface area contributed by atoms with Gasteiger partial charge in [0, 0.05) is 77.7 Å². The fraction of sp³-hybridized carbons (Fsp3) is 0.189. The average Bonchev–Trinajstić information content (AvgIpc) is 1.61. The molecule has 1 fully saturated rings. The summed E-state index contributed by atoms with van der Waals surface area (Å²) in [5.74, 6) is -0.908. The number of ether oxygens (including phenoxy) is 3. The van der Waals surface area contributed by atoms with Crippen LogP contribution in [0.2, 0.25) is 0 Å². The zero-order valence-electron chi connectivity index (χ0n) is 56.6. The number of aliphatic hydroxyl groups is 1. The van der Waals surface area contributed by atoms with E-state index >= 15 is 0 Å². The van der Waals surface area contributed by atoms with Crippen molar-refractivity contribution in [2.45, 2.75) is 78.1 Å². The van der Waals surface area contributed by atoms with Crippen molar-refractivity contribution in [3.8, 4) is 33.4 Å². The summed E-state index contributed by atoms with van der Waals surface area (Å²) in [5.41, 5.74) is 13.2. The molecule has 1 aliphatic rings. The third-order valence-electron chi connectivity index (χ3n) is 14.4. The Kier molecular flexibility index (Phi) is 28.7. The van der Waals surface area contributed by atoms with Crippen LogP contribution in [0, 0.1) is 53.9 Å². The maximum absolute atomic E-state index is 13.4. The standard InChI is InChI=1S/C25H22FN3O5S.C20H14FN3O2S.C19H17N3O5S.C6H4F.C4H8O.BrH.Mg/c1-25(2,3)34-24(31)28-23-27-21-19(15-5-4-6-18(11-15)29(32)33)12-16(13-20(21)35-23)22(30)14-7-9-17(26)10-8-14;21-15-6-4-12(5-7-15)8-13-9-17(19-18(10-13)27-20(22)23-19)14-2-1-3-16(11-14)24(25)26;1-19(2,3)27-18(24)21-17-20-16-14(7-11(10-23)8-15(16)28-17)12-5-4-6-13(9-12)22(25)26;7-6-4-2-1-3-5-6;1-2-4-5-3-1;;/h4-13,22,30H,1-3H3,(H,27,28,31);1-7,9-11H,8H2,(H2,22,23);4-10H,1-3H3,(H,20,21,24);2-5H;1-4H2;1H;/q;;;-1;;;+2/p-1. The molecule has 9 aromatic carbocycles. The summed E-state index contributed by atoms with van der Waals surface area (Å²) in [6, 6.07) is 49.6. The molecule has 0 spiro atoms. The SMILES string of the molecule is C1CCOC1.CC(C)(C)OC(=O)Nc1nc2c(-c3cccc([N+](=O)[O-])c3)cc(C(O)c3ccc(F)cc3)cc2s1.CC(C)(C)OC(=O)Nc1nc2c(-c3cccc([N+](=O)[O-])c3)cc(C=O)cc2s1.Fc1cc[c-]cc1.Nc1nc2c(-c3cccc([N+](=O)[O-])c3)cc(Cc3ccc(F)cc3)cc2s1.[Br-].[Mg+2]. The maximum atomic E-state index is 13.4. The largest absolute Gasteiger partial charge is 2.00 e. The van der Waals surface area contributed by atoms with E-state index < -0.39 is 50.1 Å². The number of halogens is 4. The Balaban J connectivity index is 0.000000200. The second-order valence-corrected chi connectivity index (χ2v) is 27.6. The van der Waals surface area contributed by atoms with E-state index in [4.69, 9.17) is 19.9 Å². The van der Waals surface area contributed by atoms with Gasteiger partial charge >= 0.3 is 35.2 Å². The van der Waals surface area contributed by atoms with Gasteiger partial charge in [-0.25, -0.2) is 37.7 Å². The second-order valence-electron chi connectivity index (χ2n) is 24.5. The number of nitrogen functional groups attached to an aromatic ring is 1. The number of nitro groups is 3. The van der Waals surface area contributed by atoms with Gasteiger partial charge in [0.05, 0.1) is 45.4 Å². The molecular formula is C74H65BrF3MgN9O13S3. The molecule has 2 amide bonds. The van der Waals surface area contributed by atoms with Gasteiger partial charge in [0.25, 0.3) is 17.1 Å². The van der Waals surface area contributed by atoms with Gasteiger partial charge < -0.3 is 42.0 Å². The summed E-state index contributed by atoms with van der Waals surface area (Å²) in [5, 5.41) is 50.8. The van der Waals surface area contributed by atoms with Gasteiger partial charge in [0.15, 0.2) is 15.4 Å². The Morgan fingerprint density at radius 3 is 1.42 bits per heavy atom. The van der Waals surface area contributed by atoms with Gasteiger partial charge in [-0.2, -0.15) is 18.2 Å².